The van der Waals surface area contributed by atoms with Gasteiger partial charge in [-0.1, -0.05) is 30.3 Å². The molecule has 2 aliphatic heterocycles. The Kier molecular flexibility index (Phi) is 2.65. The van der Waals surface area contributed by atoms with Crippen molar-refractivity contribution >= 4 is 11.9 Å². The van der Waals surface area contributed by atoms with Gasteiger partial charge in [0.1, 0.15) is 0 Å². The highest BCUT2D eigenvalue weighted by atomic mass is 16.4. The van der Waals surface area contributed by atoms with Gasteiger partial charge in [0.2, 0.25) is 5.91 Å². The minimum atomic E-state index is -0.746. The quantitative estimate of drug-likeness (QED) is 0.926. The van der Waals surface area contributed by atoms with Gasteiger partial charge in [-0.05, 0) is 37.7 Å². The summed E-state index contributed by atoms with van der Waals surface area (Å²) in [5, 5.41) is 9.33. The lowest BCUT2D eigenvalue weighted by Gasteiger charge is -2.28. The first-order valence-corrected chi connectivity index (χ1v) is 7.74. The number of hydrogen-bond donors (Lipinski definition) is 1. The molecule has 3 fully saturated rings. The average Bonchev–Trinajstić information content (AvgIpc) is 3.12. The molecule has 2 heterocycles. The van der Waals surface area contributed by atoms with Crippen molar-refractivity contribution in [2.45, 2.75) is 49.6 Å². The van der Waals surface area contributed by atoms with Crippen molar-refractivity contribution in [2.75, 3.05) is 0 Å². The zero-order chi connectivity index (χ0) is 14.6. The highest BCUT2D eigenvalue weighted by Gasteiger charge is 2.59. The van der Waals surface area contributed by atoms with E-state index >= 15 is 0 Å². The zero-order valence-corrected chi connectivity index (χ0v) is 11.9. The first-order valence-electron chi connectivity index (χ1n) is 7.74. The third-order valence-electron chi connectivity index (χ3n) is 5.57. The van der Waals surface area contributed by atoms with Crippen LogP contribution in [0.4, 0.5) is 0 Å². The van der Waals surface area contributed by atoms with Crippen LogP contribution in [-0.2, 0) is 15.0 Å². The molecular formula is C17H19NO3. The SMILES string of the molecule is O=C(O)C1CC2CCC1N2C(=O)C1(c2ccccc2)CC1. The fourth-order valence-corrected chi connectivity index (χ4v) is 4.33. The van der Waals surface area contributed by atoms with Gasteiger partial charge in [-0.3, -0.25) is 9.59 Å². The first-order chi connectivity index (χ1) is 10.1. The van der Waals surface area contributed by atoms with Crippen LogP contribution in [0.2, 0.25) is 0 Å². The van der Waals surface area contributed by atoms with E-state index in [0.29, 0.717) is 6.42 Å². The number of fused-ring (bicyclic) bond motifs is 2. The maximum absolute atomic E-state index is 13.1. The first kappa shape index (κ1) is 12.9. The number of benzene rings is 1. The second-order valence-electron chi connectivity index (χ2n) is 6.64. The Morgan fingerprint density at radius 1 is 1.14 bits per heavy atom. The average molecular weight is 285 g/mol. The van der Waals surface area contributed by atoms with Crippen LogP contribution in [0.25, 0.3) is 0 Å². The molecule has 3 unspecified atom stereocenters. The number of amides is 1. The topological polar surface area (TPSA) is 57.6 Å². The Bertz CT molecular complexity index is 593. The van der Waals surface area contributed by atoms with Crippen LogP contribution in [-0.4, -0.2) is 34.0 Å². The van der Waals surface area contributed by atoms with Gasteiger partial charge in [0.05, 0.1) is 11.3 Å². The Morgan fingerprint density at radius 3 is 2.43 bits per heavy atom. The standard InChI is InChI=1S/C17H19NO3/c19-15(20)13-10-12-6-7-14(13)18(12)16(21)17(8-9-17)11-4-2-1-3-5-11/h1-5,12-14H,6-10H2,(H,19,20). The van der Waals surface area contributed by atoms with E-state index in [9.17, 15) is 14.7 Å². The third kappa shape index (κ3) is 1.74. The number of aliphatic carboxylic acids is 1. The van der Waals surface area contributed by atoms with Crippen molar-refractivity contribution in [3.8, 4) is 0 Å². The predicted octanol–water partition coefficient (Wildman–Crippen LogP) is 2.18. The second kappa shape index (κ2) is 4.33. The van der Waals surface area contributed by atoms with E-state index in [1.165, 1.54) is 0 Å². The molecular weight excluding hydrogens is 266 g/mol. The van der Waals surface area contributed by atoms with Crippen molar-refractivity contribution in [2.24, 2.45) is 5.92 Å². The summed E-state index contributed by atoms with van der Waals surface area (Å²) in [6.07, 6.45) is 4.23. The van der Waals surface area contributed by atoms with Crippen LogP contribution in [0.1, 0.15) is 37.7 Å². The molecule has 0 aromatic heterocycles. The maximum atomic E-state index is 13.1. The molecule has 21 heavy (non-hydrogen) atoms. The molecule has 1 N–H and O–H groups in total. The van der Waals surface area contributed by atoms with Gasteiger partial charge in [0.25, 0.3) is 0 Å². The van der Waals surface area contributed by atoms with E-state index in [2.05, 4.69) is 0 Å². The van der Waals surface area contributed by atoms with E-state index in [4.69, 9.17) is 0 Å². The molecule has 2 saturated heterocycles. The van der Waals surface area contributed by atoms with Gasteiger partial charge >= 0.3 is 5.97 Å². The van der Waals surface area contributed by atoms with Crippen molar-refractivity contribution in [1.29, 1.82) is 0 Å². The Morgan fingerprint density at radius 2 is 1.86 bits per heavy atom. The van der Waals surface area contributed by atoms with Crippen molar-refractivity contribution in [1.82, 2.24) is 4.90 Å². The van der Waals surface area contributed by atoms with E-state index in [1.54, 1.807) is 0 Å². The number of hydrogen-bond acceptors (Lipinski definition) is 2. The van der Waals surface area contributed by atoms with E-state index in [1.807, 2.05) is 35.2 Å². The fraction of sp³-hybridized carbons (Fsp3) is 0.529. The lowest BCUT2D eigenvalue weighted by atomic mass is 9.89. The van der Waals surface area contributed by atoms with Crippen molar-refractivity contribution < 1.29 is 14.7 Å². The third-order valence-corrected chi connectivity index (χ3v) is 5.57. The van der Waals surface area contributed by atoms with Crippen LogP contribution in [0.15, 0.2) is 30.3 Å². The number of carboxylic acids is 1. The van der Waals surface area contributed by atoms with E-state index in [0.717, 1.165) is 31.2 Å². The van der Waals surface area contributed by atoms with Crippen molar-refractivity contribution in [3.63, 3.8) is 0 Å². The monoisotopic (exact) mass is 285 g/mol. The molecule has 0 radical (unpaired) electrons. The van der Waals surface area contributed by atoms with Gasteiger partial charge in [0.15, 0.2) is 0 Å². The molecule has 1 saturated carbocycles. The number of rotatable bonds is 3. The minimum Gasteiger partial charge on any atom is -0.481 e. The molecule has 1 aromatic rings. The highest BCUT2D eigenvalue weighted by Crippen LogP contribution is 2.53. The van der Waals surface area contributed by atoms with Gasteiger partial charge in [-0.15, -0.1) is 0 Å². The Labute approximate surface area is 123 Å². The molecule has 110 valence electrons. The number of carbonyl (C=O) groups is 2. The summed E-state index contributed by atoms with van der Waals surface area (Å²) in [6.45, 7) is 0. The fourth-order valence-electron chi connectivity index (χ4n) is 4.33. The Balaban J connectivity index is 1.63. The van der Waals surface area contributed by atoms with Crippen LogP contribution in [0.5, 0.6) is 0 Å². The molecule has 1 aromatic carbocycles. The summed E-state index contributed by atoms with van der Waals surface area (Å²) in [6, 6.07) is 10.0. The molecule has 4 heteroatoms. The molecule has 2 bridgehead atoms. The number of carboxylic acid groups (broad SMARTS) is 1. The molecule has 3 atom stereocenters. The van der Waals surface area contributed by atoms with Crippen LogP contribution in [0.3, 0.4) is 0 Å². The smallest absolute Gasteiger partial charge is 0.308 e. The highest BCUT2D eigenvalue weighted by molar-refractivity contribution is 5.93. The molecule has 0 spiro atoms. The molecule has 4 rings (SSSR count). The predicted molar refractivity (Wildman–Crippen MR) is 76.8 cm³/mol. The minimum absolute atomic E-state index is 0.0822. The summed E-state index contributed by atoms with van der Waals surface area (Å²) < 4.78 is 0. The van der Waals surface area contributed by atoms with Gasteiger partial charge in [0, 0.05) is 12.1 Å². The summed E-state index contributed by atoms with van der Waals surface area (Å²) in [5.41, 5.74) is 0.725. The molecule has 1 amide bonds. The second-order valence-corrected chi connectivity index (χ2v) is 6.64. The molecule has 1 aliphatic carbocycles. The molecule has 4 nitrogen and oxygen atoms in total. The summed E-state index contributed by atoms with van der Waals surface area (Å²) >= 11 is 0. The lowest BCUT2D eigenvalue weighted by molar-refractivity contribution is -0.143. The van der Waals surface area contributed by atoms with Gasteiger partial charge in [-0.25, -0.2) is 0 Å². The van der Waals surface area contributed by atoms with Crippen molar-refractivity contribution in [3.05, 3.63) is 35.9 Å². The summed E-state index contributed by atoms with van der Waals surface area (Å²) in [4.78, 5) is 26.4. The lowest BCUT2D eigenvalue weighted by Crippen LogP contribution is -2.43. The van der Waals surface area contributed by atoms with E-state index < -0.39 is 5.97 Å². The summed E-state index contributed by atoms with van der Waals surface area (Å²) in [7, 11) is 0. The summed E-state index contributed by atoms with van der Waals surface area (Å²) in [5.74, 6) is -0.936. The largest absolute Gasteiger partial charge is 0.481 e. The van der Waals surface area contributed by atoms with Crippen LogP contribution in [0, 0.1) is 5.92 Å². The number of nitrogens with zero attached hydrogens (tertiary/aromatic N) is 1. The zero-order valence-electron chi connectivity index (χ0n) is 11.9. The van der Waals surface area contributed by atoms with Gasteiger partial charge < -0.3 is 10.0 Å². The normalized spacial score (nSPS) is 32.2. The molecule has 3 aliphatic rings. The van der Waals surface area contributed by atoms with Crippen LogP contribution < -0.4 is 0 Å². The van der Waals surface area contributed by atoms with Gasteiger partial charge in [-0.2, -0.15) is 0 Å². The van der Waals surface area contributed by atoms with E-state index in [-0.39, 0.29) is 29.3 Å². The Hall–Kier alpha value is -1.84. The number of carbonyl (C=O) groups excluding carboxylic acids is 1. The maximum Gasteiger partial charge on any atom is 0.308 e. The van der Waals surface area contributed by atoms with Crippen LogP contribution >= 0.6 is 0 Å².